The van der Waals surface area contributed by atoms with Crippen LogP contribution in [0.25, 0.3) is 0 Å². The van der Waals surface area contributed by atoms with E-state index < -0.39 is 0 Å². The number of methoxy groups -OCH3 is 1. The molecule has 1 aliphatic heterocycles. The lowest BCUT2D eigenvalue weighted by molar-refractivity contribution is 0.137. The van der Waals surface area contributed by atoms with Crippen LogP contribution in [-0.4, -0.2) is 43.4 Å². The van der Waals surface area contributed by atoms with E-state index in [1.165, 1.54) is 32.1 Å². The number of aliphatic hydroxyl groups is 1. The zero-order valence-corrected chi connectivity index (χ0v) is 13.8. The number of aliphatic hydroxyl groups excluding tert-OH is 1. The summed E-state index contributed by atoms with van der Waals surface area (Å²) in [5.41, 5.74) is 0. The van der Waals surface area contributed by atoms with Crippen molar-refractivity contribution in [3.8, 4) is 0 Å². The highest BCUT2D eigenvalue weighted by Gasteiger charge is 2.28. The first-order chi connectivity index (χ1) is 10.1. The molecule has 0 radical (unpaired) electrons. The zero-order valence-electron chi connectivity index (χ0n) is 13.8. The zero-order chi connectivity index (χ0) is 15.2. The first-order valence-electron chi connectivity index (χ1n) is 8.40. The van der Waals surface area contributed by atoms with Crippen LogP contribution in [0.4, 0.5) is 0 Å². The molecule has 2 aliphatic rings. The summed E-state index contributed by atoms with van der Waals surface area (Å²) in [5, 5.41) is 9.93. The van der Waals surface area contributed by atoms with Gasteiger partial charge in [-0.15, -0.1) is 0 Å². The van der Waals surface area contributed by atoms with Crippen molar-refractivity contribution in [2.45, 2.75) is 45.1 Å². The fourth-order valence-corrected chi connectivity index (χ4v) is 3.64. The number of likely N-dealkylation sites (N-methyl/N-ethyl adjacent to an activating group) is 1. The fraction of sp³-hybridized carbons (Fsp3) is 0.778. The number of hydrogen-bond donors (Lipinski definition) is 1. The number of β-amino-alcohol motifs (C(OH)–C–C–N with tert-alkyl or cyclic N) is 1. The van der Waals surface area contributed by atoms with Gasteiger partial charge >= 0.3 is 0 Å². The van der Waals surface area contributed by atoms with E-state index in [1.54, 1.807) is 7.11 Å². The van der Waals surface area contributed by atoms with Crippen LogP contribution in [-0.2, 0) is 4.74 Å². The summed E-state index contributed by atoms with van der Waals surface area (Å²) in [6.07, 6.45) is 12.8. The van der Waals surface area contributed by atoms with Crippen molar-refractivity contribution < 1.29 is 9.84 Å². The van der Waals surface area contributed by atoms with Crippen LogP contribution in [0.5, 0.6) is 0 Å². The Hall–Kier alpha value is -0.800. The largest absolute Gasteiger partial charge is 0.497 e. The molecule has 1 aliphatic carbocycles. The SMILES string of the molecule is COC1=CC(C)C(CCCCC[C@H]2CN(C)C[C@H]2O)C=C1. The molecule has 1 N–H and O–H groups in total. The van der Waals surface area contributed by atoms with Gasteiger partial charge in [0.2, 0.25) is 0 Å². The predicted octanol–water partition coefficient (Wildman–Crippen LogP) is 3.21. The normalized spacial score (nSPS) is 33.2. The van der Waals surface area contributed by atoms with Gasteiger partial charge in [-0.3, -0.25) is 0 Å². The maximum absolute atomic E-state index is 9.93. The second-order valence-electron chi connectivity index (χ2n) is 6.84. The molecule has 3 heteroatoms. The lowest BCUT2D eigenvalue weighted by Crippen LogP contribution is -2.18. The molecule has 0 saturated carbocycles. The van der Waals surface area contributed by atoms with Gasteiger partial charge in [0.15, 0.2) is 0 Å². The molecular weight excluding hydrogens is 262 g/mol. The van der Waals surface area contributed by atoms with Gasteiger partial charge in [-0.2, -0.15) is 0 Å². The molecular formula is C18H31NO2. The molecule has 0 aromatic heterocycles. The van der Waals surface area contributed by atoms with Crippen molar-refractivity contribution in [2.75, 3.05) is 27.2 Å². The minimum atomic E-state index is -0.103. The summed E-state index contributed by atoms with van der Waals surface area (Å²) in [6.45, 7) is 4.19. The van der Waals surface area contributed by atoms with Crippen molar-refractivity contribution in [1.29, 1.82) is 0 Å². The summed E-state index contributed by atoms with van der Waals surface area (Å²) in [5.74, 6) is 2.73. The van der Waals surface area contributed by atoms with Crippen molar-refractivity contribution in [2.24, 2.45) is 17.8 Å². The van der Waals surface area contributed by atoms with E-state index >= 15 is 0 Å². The summed E-state index contributed by atoms with van der Waals surface area (Å²) >= 11 is 0. The van der Waals surface area contributed by atoms with Gasteiger partial charge in [-0.1, -0.05) is 32.3 Å². The Morgan fingerprint density at radius 3 is 2.62 bits per heavy atom. The average Bonchev–Trinajstić information content (AvgIpc) is 2.78. The van der Waals surface area contributed by atoms with Crippen LogP contribution in [0.3, 0.4) is 0 Å². The van der Waals surface area contributed by atoms with Gasteiger partial charge < -0.3 is 14.7 Å². The first kappa shape index (κ1) is 16.6. The third kappa shape index (κ3) is 4.86. The quantitative estimate of drug-likeness (QED) is 0.732. The number of allylic oxidation sites excluding steroid dienone is 3. The minimum Gasteiger partial charge on any atom is -0.497 e. The predicted molar refractivity (Wildman–Crippen MR) is 87.0 cm³/mol. The molecule has 0 bridgehead atoms. The molecule has 1 saturated heterocycles. The third-order valence-electron chi connectivity index (χ3n) is 5.05. The molecule has 21 heavy (non-hydrogen) atoms. The van der Waals surface area contributed by atoms with Crippen LogP contribution in [0, 0.1) is 17.8 Å². The summed E-state index contributed by atoms with van der Waals surface area (Å²) in [6, 6.07) is 0. The third-order valence-corrected chi connectivity index (χ3v) is 5.05. The topological polar surface area (TPSA) is 32.7 Å². The van der Waals surface area contributed by atoms with Crippen molar-refractivity contribution in [3.05, 3.63) is 24.0 Å². The summed E-state index contributed by atoms with van der Waals surface area (Å²) in [4.78, 5) is 2.24. The number of ether oxygens (including phenoxy) is 1. The number of unbranched alkanes of at least 4 members (excludes halogenated alkanes) is 2. The molecule has 1 heterocycles. The Morgan fingerprint density at radius 1 is 1.24 bits per heavy atom. The van der Waals surface area contributed by atoms with E-state index in [0.29, 0.717) is 17.8 Å². The lowest BCUT2D eigenvalue weighted by Gasteiger charge is -2.22. The van der Waals surface area contributed by atoms with E-state index in [0.717, 1.165) is 18.8 Å². The van der Waals surface area contributed by atoms with Gasteiger partial charge in [0.1, 0.15) is 5.76 Å². The van der Waals surface area contributed by atoms with Gasteiger partial charge in [0, 0.05) is 13.1 Å². The summed E-state index contributed by atoms with van der Waals surface area (Å²) in [7, 11) is 3.83. The van der Waals surface area contributed by atoms with Crippen LogP contribution >= 0.6 is 0 Å². The number of rotatable bonds is 7. The number of likely N-dealkylation sites (tertiary alicyclic amines) is 1. The monoisotopic (exact) mass is 293 g/mol. The van der Waals surface area contributed by atoms with Crippen molar-refractivity contribution in [1.82, 2.24) is 4.90 Å². The Kier molecular flexibility index (Phi) is 6.31. The highest BCUT2D eigenvalue weighted by molar-refractivity contribution is 5.20. The molecule has 2 rings (SSSR count). The average molecular weight is 293 g/mol. The minimum absolute atomic E-state index is 0.103. The highest BCUT2D eigenvalue weighted by Crippen LogP contribution is 2.28. The maximum atomic E-state index is 9.93. The Labute approximate surface area is 129 Å². The van der Waals surface area contributed by atoms with E-state index in [-0.39, 0.29) is 6.10 Å². The van der Waals surface area contributed by atoms with E-state index in [2.05, 4.69) is 37.1 Å². The van der Waals surface area contributed by atoms with E-state index in [9.17, 15) is 5.11 Å². The lowest BCUT2D eigenvalue weighted by atomic mass is 9.85. The number of nitrogens with zero attached hydrogens (tertiary/aromatic N) is 1. The van der Waals surface area contributed by atoms with Crippen LogP contribution in [0.2, 0.25) is 0 Å². The summed E-state index contributed by atoms with van der Waals surface area (Å²) < 4.78 is 5.28. The smallest absolute Gasteiger partial charge is 0.114 e. The van der Waals surface area contributed by atoms with Gasteiger partial charge in [0.05, 0.1) is 13.2 Å². The standard InChI is InChI=1S/C18H31NO2/c1-14-11-17(21-3)10-9-15(14)7-5-4-6-8-16-12-19(2)13-18(16)20/h9-11,14-16,18,20H,4-8,12-13H2,1-3H3/t14?,15?,16-,18+/m0/s1. The van der Waals surface area contributed by atoms with Gasteiger partial charge in [-0.25, -0.2) is 0 Å². The molecule has 2 unspecified atom stereocenters. The Morgan fingerprint density at radius 2 is 2.00 bits per heavy atom. The molecule has 0 aromatic rings. The van der Waals surface area contributed by atoms with Crippen LogP contribution in [0.15, 0.2) is 24.0 Å². The molecule has 4 atom stereocenters. The number of hydrogen-bond acceptors (Lipinski definition) is 3. The van der Waals surface area contributed by atoms with Crippen LogP contribution in [0.1, 0.15) is 39.0 Å². The van der Waals surface area contributed by atoms with Gasteiger partial charge in [0.25, 0.3) is 0 Å². The van der Waals surface area contributed by atoms with Crippen molar-refractivity contribution in [3.63, 3.8) is 0 Å². The van der Waals surface area contributed by atoms with Crippen LogP contribution < -0.4 is 0 Å². The second-order valence-corrected chi connectivity index (χ2v) is 6.84. The molecule has 0 amide bonds. The molecule has 1 fully saturated rings. The van der Waals surface area contributed by atoms with Crippen molar-refractivity contribution >= 4 is 0 Å². The van der Waals surface area contributed by atoms with E-state index in [4.69, 9.17) is 4.74 Å². The molecule has 0 aromatic carbocycles. The molecule has 3 nitrogen and oxygen atoms in total. The Balaban J connectivity index is 1.58. The highest BCUT2D eigenvalue weighted by atomic mass is 16.5. The van der Waals surface area contributed by atoms with E-state index in [1.807, 2.05) is 0 Å². The molecule has 0 spiro atoms. The first-order valence-corrected chi connectivity index (χ1v) is 8.40. The maximum Gasteiger partial charge on any atom is 0.114 e. The van der Waals surface area contributed by atoms with Gasteiger partial charge in [-0.05, 0) is 49.8 Å². The fourth-order valence-electron chi connectivity index (χ4n) is 3.64. The second kappa shape index (κ2) is 8.00. The Bertz CT molecular complexity index is 377. The molecule has 120 valence electrons.